The third-order valence-corrected chi connectivity index (χ3v) is 3.83. The minimum absolute atomic E-state index is 0.0463. The highest BCUT2D eigenvalue weighted by Gasteiger charge is 2.45. The van der Waals surface area contributed by atoms with Crippen molar-refractivity contribution in [3.63, 3.8) is 0 Å². The minimum Gasteiger partial charge on any atom is -0.496 e. The molecule has 20 heavy (non-hydrogen) atoms. The van der Waals surface area contributed by atoms with E-state index in [1.807, 2.05) is 24.3 Å². The number of benzene rings is 1. The molecule has 1 unspecified atom stereocenters. The molecule has 1 saturated heterocycles. The van der Waals surface area contributed by atoms with E-state index in [0.29, 0.717) is 6.54 Å². The normalized spacial score (nSPS) is 22.4. The summed E-state index contributed by atoms with van der Waals surface area (Å²) < 4.78 is 5.28. The Labute approximate surface area is 117 Å². The summed E-state index contributed by atoms with van der Waals surface area (Å²) in [4.78, 5) is 25.5. The lowest BCUT2D eigenvalue weighted by molar-refractivity contribution is -0.139. The quantitative estimate of drug-likeness (QED) is 0.816. The lowest BCUT2D eigenvalue weighted by Crippen LogP contribution is -2.39. The van der Waals surface area contributed by atoms with Crippen LogP contribution in [0, 0.1) is 0 Å². The van der Waals surface area contributed by atoms with Gasteiger partial charge in [-0.25, -0.2) is 0 Å². The Bertz CT molecular complexity index is 540. The molecular formula is C15H18N2O3. The molecule has 1 aliphatic carbocycles. The van der Waals surface area contributed by atoms with E-state index in [2.05, 4.69) is 5.32 Å². The maximum Gasteiger partial charge on any atom is 0.247 e. The molecule has 1 atom stereocenters. The van der Waals surface area contributed by atoms with Gasteiger partial charge in [0.15, 0.2) is 0 Å². The molecule has 0 spiro atoms. The summed E-state index contributed by atoms with van der Waals surface area (Å²) in [7, 11) is 1.62. The number of imide groups is 1. The second-order valence-electron chi connectivity index (χ2n) is 5.28. The Hall–Kier alpha value is -1.88. The molecule has 0 radical (unpaired) electrons. The molecule has 5 nitrogen and oxygen atoms in total. The van der Waals surface area contributed by atoms with Crippen molar-refractivity contribution in [2.45, 2.75) is 37.9 Å². The fourth-order valence-electron chi connectivity index (χ4n) is 2.61. The van der Waals surface area contributed by atoms with E-state index in [-0.39, 0.29) is 24.3 Å². The largest absolute Gasteiger partial charge is 0.496 e. The van der Waals surface area contributed by atoms with Gasteiger partial charge in [-0.1, -0.05) is 18.2 Å². The monoisotopic (exact) mass is 274 g/mol. The van der Waals surface area contributed by atoms with Crippen LogP contribution in [0.4, 0.5) is 0 Å². The van der Waals surface area contributed by atoms with Crippen LogP contribution >= 0.6 is 0 Å². The average Bonchev–Trinajstić information content (AvgIpc) is 3.24. The summed E-state index contributed by atoms with van der Waals surface area (Å²) in [6.45, 7) is 0.520. The van der Waals surface area contributed by atoms with E-state index >= 15 is 0 Å². The van der Waals surface area contributed by atoms with Crippen LogP contribution in [0.15, 0.2) is 24.3 Å². The van der Waals surface area contributed by atoms with Gasteiger partial charge < -0.3 is 10.1 Å². The molecule has 3 rings (SSSR count). The Morgan fingerprint density at radius 2 is 2.05 bits per heavy atom. The molecule has 5 heteroatoms. The molecule has 1 aromatic rings. The third kappa shape index (κ3) is 2.41. The maximum absolute atomic E-state index is 12.2. The Balaban J connectivity index is 1.64. The summed E-state index contributed by atoms with van der Waals surface area (Å²) in [5.41, 5.74) is 0.986. The maximum atomic E-state index is 12.2. The average molecular weight is 274 g/mol. The number of methoxy groups -OCH3 is 1. The second-order valence-corrected chi connectivity index (χ2v) is 5.28. The van der Waals surface area contributed by atoms with Crippen LogP contribution in [0.1, 0.15) is 24.8 Å². The number of ether oxygens (including phenoxy) is 1. The minimum atomic E-state index is -0.395. The highest BCUT2D eigenvalue weighted by molar-refractivity contribution is 6.06. The number of rotatable bonds is 5. The number of carbonyl (C=O) groups excluding carboxylic acids is 2. The zero-order chi connectivity index (χ0) is 14.1. The smallest absolute Gasteiger partial charge is 0.247 e. The Morgan fingerprint density at radius 3 is 2.75 bits per heavy atom. The summed E-state index contributed by atoms with van der Waals surface area (Å²) in [5.74, 6) is 0.665. The van der Waals surface area contributed by atoms with Crippen molar-refractivity contribution in [2.75, 3.05) is 7.11 Å². The van der Waals surface area contributed by atoms with Crippen LogP contribution in [-0.2, 0) is 16.1 Å². The molecule has 0 aromatic heterocycles. The van der Waals surface area contributed by atoms with Crippen molar-refractivity contribution >= 4 is 11.8 Å². The van der Waals surface area contributed by atoms with Gasteiger partial charge in [-0.2, -0.15) is 0 Å². The van der Waals surface area contributed by atoms with E-state index in [1.54, 1.807) is 7.11 Å². The van der Waals surface area contributed by atoms with Gasteiger partial charge in [0.25, 0.3) is 0 Å². The highest BCUT2D eigenvalue weighted by Crippen LogP contribution is 2.31. The van der Waals surface area contributed by atoms with Crippen molar-refractivity contribution in [3.05, 3.63) is 29.8 Å². The first kappa shape index (κ1) is 13.1. The number of nitrogens with zero attached hydrogens (tertiary/aromatic N) is 1. The standard InChI is InChI=1S/C15H18N2O3/c1-20-13-5-3-2-4-10(13)9-16-12-8-14(18)17(15(12)19)11-6-7-11/h2-5,11-12,16H,6-9H2,1H3. The number of carbonyl (C=O) groups is 2. The molecule has 2 aliphatic rings. The number of para-hydroxylation sites is 1. The topological polar surface area (TPSA) is 58.6 Å². The lowest BCUT2D eigenvalue weighted by Gasteiger charge is -2.15. The highest BCUT2D eigenvalue weighted by atomic mass is 16.5. The van der Waals surface area contributed by atoms with E-state index in [0.717, 1.165) is 24.2 Å². The van der Waals surface area contributed by atoms with Crippen LogP contribution in [0.2, 0.25) is 0 Å². The van der Waals surface area contributed by atoms with Crippen molar-refractivity contribution in [2.24, 2.45) is 0 Å². The Morgan fingerprint density at radius 1 is 1.30 bits per heavy atom. The zero-order valence-electron chi connectivity index (χ0n) is 11.5. The molecular weight excluding hydrogens is 256 g/mol. The predicted octanol–water partition coefficient (Wildman–Crippen LogP) is 1.07. The van der Waals surface area contributed by atoms with E-state index in [9.17, 15) is 9.59 Å². The molecule has 106 valence electrons. The number of likely N-dealkylation sites (tertiary alicyclic amines) is 1. The van der Waals surface area contributed by atoms with Gasteiger partial charge >= 0.3 is 0 Å². The van der Waals surface area contributed by atoms with Crippen LogP contribution in [0.25, 0.3) is 0 Å². The van der Waals surface area contributed by atoms with Crippen LogP contribution in [-0.4, -0.2) is 35.9 Å². The first-order chi connectivity index (χ1) is 9.70. The van der Waals surface area contributed by atoms with Crippen molar-refractivity contribution in [1.29, 1.82) is 0 Å². The van der Waals surface area contributed by atoms with Gasteiger partial charge in [-0.15, -0.1) is 0 Å². The number of hydrogen-bond acceptors (Lipinski definition) is 4. The van der Waals surface area contributed by atoms with Crippen LogP contribution in [0.5, 0.6) is 5.75 Å². The zero-order valence-corrected chi connectivity index (χ0v) is 11.5. The van der Waals surface area contributed by atoms with Gasteiger partial charge in [-0.3, -0.25) is 14.5 Å². The van der Waals surface area contributed by atoms with E-state index in [4.69, 9.17) is 4.74 Å². The van der Waals surface area contributed by atoms with Gasteiger partial charge in [-0.05, 0) is 18.9 Å². The SMILES string of the molecule is COc1ccccc1CNC1CC(=O)N(C2CC2)C1=O. The molecule has 0 bridgehead atoms. The predicted molar refractivity (Wildman–Crippen MR) is 73.1 cm³/mol. The van der Waals surface area contributed by atoms with Gasteiger partial charge in [0.1, 0.15) is 5.75 Å². The van der Waals surface area contributed by atoms with Crippen molar-refractivity contribution in [1.82, 2.24) is 10.2 Å². The molecule has 2 fully saturated rings. The summed E-state index contributed by atoms with van der Waals surface area (Å²) in [5, 5.41) is 3.17. The summed E-state index contributed by atoms with van der Waals surface area (Å²) >= 11 is 0. The molecule has 1 saturated carbocycles. The van der Waals surface area contributed by atoms with Gasteiger partial charge in [0, 0.05) is 18.2 Å². The summed E-state index contributed by atoms with van der Waals surface area (Å²) in [6, 6.07) is 7.43. The Kier molecular flexibility index (Phi) is 3.44. The molecule has 1 aromatic carbocycles. The molecule has 1 heterocycles. The number of nitrogens with one attached hydrogen (secondary N) is 1. The fraction of sp³-hybridized carbons (Fsp3) is 0.467. The van der Waals surface area contributed by atoms with Crippen molar-refractivity contribution < 1.29 is 14.3 Å². The first-order valence-electron chi connectivity index (χ1n) is 6.92. The van der Waals surface area contributed by atoms with Crippen molar-refractivity contribution in [3.8, 4) is 5.75 Å². The fourth-order valence-corrected chi connectivity index (χ4v) is 2.61. The van der Waals surface area contributed by atoms with Gasteiger partial charge in [0.2, 0.25) is 11.8 Å². The van der Waals surface area contributed by atoms with Crippen LogP contribution < -0.4 is 10.1 Å². The molecule has 1 aliphatic heterocycles. The third-order valence-electron chi connectivity index (χ3n) is 3.83. The molecule has 1 N–H and O–H groups in total. The lowest BCUT2D eigenvalue weighted by atomic mass is 10.1. The van der Waals surface area contributed by atoms with Gasteiger partial charge in [0.05, 0.1) is 19.6 Å². The number of hydrogen-bond donors (Lipinski definition) is 1. The second kappa shape index (κ2) is 5.25. The van der Waals surface area contributed by atoms with Crippen LogP contribution in [0.3, 0.4) is 0 Å². The summed E-state index contributed by atoms with van der Waals surface area (Å²) in [6.07, 6.45) is 2.18. The molecule has 2 amide bonds. The first-order valence-corrected chi connectivity index (χ1v) is 6.92. The van der Waals surface area contributed by atoms with E-state index < -0.39 is 6.04 Å². The number of amides is 2. The van der Waals surface area contributed by atoms with E-state index in [1.165, 1.54) is 4.90 Å².